The van der Waals surface area contributed by atoms with Gasteiger partial charge in [-0.15, -0.1) is 0 Å². The predicted octanol–water partition coefficient (Wildman–Crippen LogP) is 2.88. The predicted molar refractivity (Wildman–Crippen MR) is 101 cm³/mol. The quantitative estimate of drug-likeness (QED) is 0.619. The van der Waals surface area contributed by atoms with Crippen molar-refractivity contribution in [3.05, 3.63) is 40.2 Å². The molecule has 0 saturated heterocycles. The van der Waals surface area contributed by atoms with Crippen molar-refractivity contribution in [3.8, 4) is 5.75 Å². The fourth-order valence-electron chi connectivity index (χ4n) is 2.83. The third kappa shape index (κ3) is 5.84. The average molecular weight is 375 g/mol. The van der Waals surface area contributed by atoms with E-state index in [1.807, 2.05) is 13.8 Å². The van der Waals surface area contributed by atoms with E-state index < -0.39 is 23.5 Å². The van der Waals surface area contributed by atoms with Crippen molar-refractivity contribution < 1.29 is 23.8 Å². The molecule has 1 atom stereocenters. The van der Waals surface area contributed by atoms with Crippen LogP contribution in [-0.2, 0) is 16.0 Å². The van der Waals surface area contributed by atoms with Gasteiger partial charge in [-0.3, -0.25) is 4.79 Å². The van der Waals surface area contributed by atoms with Gasteiger partial charge in [-0.1, -0.05) is 33.1 Å². The number of ether oxygens (including phenoxy) is 1. The molecule has 1 aromatic heterocycles. The highest BCUT2D eigenvalue weighted by atomic mass is 16.5. The van der Waals surface area contributed by atoms with Crippen LogP contribution in [0.1, 0.15) is 45.1 Å². The van der Waals surface area contributed by atoms with Crippen LogP contribution < -0.4 is 15.7 Å². The molecule has 0 spiro atoms. The standard InChI is InChI=1S/C20H25NO6/c1-3-5-7-16(20(24)25)21-18(22)12-26-14-8-9-15-13(6-4-2)10-19(23)27-17(15)11-14/h8-11,16H,3-7,12H2,1-2H3,(H,21,22)(H,24,25)/t16-/m0/s1. The minimum absolute atomic E-state index is 0.319. The molecule has 0 aliphatic heterocycles. The number of hydrogen-bond acceptors (Lipinski definition) is 5. The number of amides is 1. The first kappa shape index (κ1) is 20.5. The maximum Gasteiger partial charge on any atom is 0.336 e. The zero-order valence-corrected chi connectivity index (χ0v) is 15.6. The molecular weight excluding hydrogens is 350 g/mol. The van der Waals surface area contributed by atoms with Crippen LogP contribution in [0.25, 0.3) is 11.0 Å². The van der Waals surface area contributed by atoms with Gasteiger partial charge in [0.2, 0.25) is 0 Å². The molecule has 1 amide bonds. The smallest absolute Gasteiger partial charge is 0.336 e. The van der Waals surface area contributed by atoms with Crippen molar-refractivity contribution in [2.24, 2.45) is 0 Å². The lowest BCUT2D eigenvalue weighted by Crippen LogP contribution is -2.42. The maximum atomic E-state index is 12.0. The number of aliphatic carboxylic acids is 1. The van der Waals surface area contributed by atoms with Gasteiger partial charge in [-0.05, 0) is 30.5 Å². The summed E-state index contributed by atoms with van der Waals surface area (Å²) < 4.78 is 10.7. The van der Waals surface area contributed by atoms with E-state index in [1.54, 1.807) is 18.2 Å². The van der Waals surface area contributed by atoms with E-state index >= 15 is 0 Å². The number of carbonyl (C=O) groups excluding carboxylic acids is 1. The summed E-state index contributed by atoms with van der Waals surface area (Å²) in [6, 6.07) is 5.61. The van der Waals surface area contributed by atoms with Gasteiger partial charge >= 0.3 is 11.6 Å². The van der Waals surface area contributed by atoms with Gasteiger partial charge in [0.25, 0.3) is 5.91 Å². The highest BCUT2D eigenvalue weighted by molar-refractivity contribution is 5.85. The van der Waals surface area contributed by atoms with Crippen molar-refractivity contribution >= 4 is 22.8 Å². The summed E-state index contributed by atoms with van der Waals surface area (Å²) in [5, 5.41) is 12.4. The first-order valence-corrected chi connectivity index (χ1v) is 9.16. The third-order valence-corrected chi connectivity index (χ3v) is 4.17. The molecule has 2 N–H and O–H groups in total. The third-order valence-electron chi connectivity index (χ3n) is 4.17. The molecule has 1 aromatic carbocycles. The minimum atomic E-state index is -1.06. The van der Waals surface area contributed by atoms with Gasteiger partial charge in [0.05, 0.1) is 0 Å². The number of hydrogen-bond donors (Lipinski definition) is 2. The van der Waals surface area contributed by atoms with E-state index in [4.69, 9.17) is 14.3 Å². The molecular formula is C20H25NO6. The number of carboxylic acids is 1. The molecule has 27 heavy (non-hydrogen) atoms. The molecule has 146 valence electrons. The van der Waals surface area contributed by atoms with Gasteiger partial charge < -0.3 is 19.6 Å². The summed E-state index contributed by atoms with van der Waals surface area (Å²) in [4.78, 5) is 34.9. The number of carboxylic acid groups (broad SMARTS) is 1. The molecule has 0 aliphatic rings. The second kappa shape index (κ2) is 9.75. The molecule has 0 bridgehead atoms. The molecule has 7 nitrogen and oxygen atoms in total. The highest BCUT2D eigenvalue weighted by Gasteiger charge is 2.19. The fourth-order valence-corrected chi connectivity index (χ4v) is 2.83. The van der Waals surface area contributed by atoms with Crippen LogP contribution in [0.3, 0.4) is 0 Å². The Balaban J connectivity index is 2.05. The normalized spacial score (nSPS) is 11.9. The minimum Gasteiger partial charge on any atom is -0.484 e. The van der Waals surface area contributed by atoms with Crippen molar-refractivity contribution in [1.29, 1.82) is 0 Å². The van der Waals surface area contributed by atoms with Crippen LogP contribution >= 0.6 is 0 Å². The van der Waals surface area contributed by atoms with Gasteiger partial charge in [0.15, 0.2) is 6.61 Å². The first-order valence-electron chi connectivity index (χ1n) is 9.16. The second-order valence-corrected chi connectivity index (χ2v) is 6.39. The number of fused-ring (bicyclic) bond motifs is 1. The Bertz CT molecular complexity index is 857. The van der Waals surface area contributed by atoms with Crippen LogP contribution in [0.2, 0.25) is 0 Å². The fraction of sp³-hybridized carbons (Fsp3) is 0.450. The number of nitrogens with one attached hydrogen (secondary N) is 1. The number of rotatable bonds is 10. The van der Waals surface area contributed by atoms with Gasteiger partial charge in [-0.2, -0.15) is 0 Å². The van der Waals surface area contributed by atoms with Crippen molar-refractivity contribution in [1.82, 2.24) is 5.32 Å². The lowest BCUT2D eigenvalue weighted by molar-refractivity contribution is -0.142. The summed E-state index contributed by atoms with van der Waals surface area (Å²) in [6.45, 7) is 3.66. The van der Waals surface area contributed by atoms with E-state index in [1.165, 1.54) is 6.07 Å². The Morgan fingerprint density at radius 1 is 1.22 bits per heavy atom. The summed E-state index contributed by atoms with van der Waals surface area (Å²) in [7, 11) is 0. The summed E-state index contributed by atoms with van der Waals surface area (Å²) in [5.41, 5.74) is 0.879. The number of carbonyl (C=O) groups is 2. The van der Waals surface area contributed by atoms with Gasteiger partial charge in [-0.25, -0.2) is 9.59 Å². The van der Waals surface area contributed by atoms with E-state index in [0.29, 0.717) is 24.2 Å². The van der Waals surface area contributed by atoms with Crippen LogP contribution in [0, 0.1) is 0 Å². The summed E-state index contributed by atoms with van der Waals surface area (Å²) in [5.74, 6) is -1.21. The SMILES string of the molecule is CCCC[C@H](NC(=O)COc1ccc2c(CCC)cc(=O)oc2c1)C(=O)O. The van der Waals surface area contributed by atoms with E-state index in [-0.39, 0.29) is 6.61 Å². The van der Waals surface area contributed by atoms with E-state index in [0.717, 1.165) is 30.2 Å². The summed E-state index contributed by atoms with van der Waals surface area (Å²) >= 11 is 0. The van der Waals surface area contributed by atoms with E-state index in [2.05, 4.69) is 5.32 Å². The van der Waals surface area contributed by atoms with Crippen LogP contribution in [0.15, 0.2) is 33.5 Å². The molecule has 0 unspecified atom stereocenters. The van der Waals surface area contributed by atoms with Crippen LogP contribution in [0.4, 0.5) is 0 Å². The Morgan fingerprint density at radius 2 is 2.00 bits per heavy atom. The lowest BCUT2D eigenvalue weighted by atomic mass is 10.1. The largest absolute Gasteiger partial charge is 0.484 e. The first-order chi connectivity index (χ1) is 12.9. The summed E-state index contributed by atoms with van der Waals surface area (Å²) in [6.07, 6.45) is 3.60. The Kier molecular flexibility index (Phi) is 7.40. The average Bonchev–Trinajstić information content (AvgIpc) is 2.63. The second-order valence-electron chi connectivity index (χ2n) is 6.39. The number of benzene rings is 1. The Hall–Kier alpha value is -2.83. The molecule has 2 aromatic rings. The Morgan fingerprint density at radius 3 is 2.67 bits per heavy atom. The zero-order chi connectivity index (χ0) is 19.8. The molecule has 7 heteroatoms. The molecule has 2 rings (SSSR count). The van der Waals surface area contributed by atoms with Gasteiger partial charge in [0.1, 0.15) is 17.4 Å². The molecule has 0 radical (unpaired) electrons. The number of unbranched alkanes of at least 4 members (excludes halogenated alkanes) is 1. The lowest BCUT2D eigenvalue weighted by Gasteiger charge is -2.14. The van der Waals surface area contributed by atoms with Crippen LogP contribution in [0.5, 0.6) is 5.75 Å². The zero-order valence-electron chi connectivity index (χ0n) is 15.6. The topological polar surface area (TPSA) is 106 Å². The molecule has 0 saturated carbocycles. The molecule has 0 aliphatic carbocycles. The van der Waals surface area contributed by atoms with E-state index in [9.17, 15) is 14.4 Å². The monoisotopic (exact) mass is 375 g/mol. The highest BCUT2D eigenvalue weighted by Crippen LogP contribution is 2.23. The molecule has 0 fully saturated rings. The number of aryl methyl sites for hydroxylation is 1. The molecule has 1 heterocycles. The van der Waals surface area contributed by atoms with Crippen molar-refractivity contribution in [3.63, 3.8) is 0 Å². The van der Waals surface area contributed by atoms with Crippen molar-refractivity contribution in [2.75, 3.05) is 6.61 Å². The maximum absolute atomic E-state index is 12.0. The van der Waals surface area contributed by atoms with Crippen molar-refractivity contribution in [2.45, 2.75) is 52.0 Å². The van der Waals surface area contributed by atoms with Crippen LogP contribution in [-0.4, -0.2) is 29.6 Å². The Labute approximate surface area is 157 Å². The van der Waals surface area contributed by atoms with Gasteiger partial charge in [0, 0.05) is 17.5 Å².